The maximum Gasteiger partial charge on any atom is 0.492 e. The molecule has 0 saturated carbocycles. The van der Waals surface area contributed by atoms with Gasteiger partial charge in [0, 0.05) is 19.7 Å². The van der Waals surface area contributed by atoms with Gasteiger partial charge < -0.3 is 14.6 Å². The number of benzene rings is 1. The minimum Gasteiger partial charge on any atom is -0.400 e. The molecule has 6 nitrogen and oxygen atoms in total. The molecule has 0 atom stereocenters. The molecular weight excluding hydrogens is 353 g/mol. The van der Waals surface area contributed by atoms with E-state index in [-0.39, 0.29) is 17.3 Å². The lowest BCUT2D eigenvalue weighted by atomic mass is 9.77. The van der Waals surface area contributed by atoms with Crippen molar-refractivity contribution in [1.29, 1.82) is 0 Å². The summed E-state index contributed by atoms with van der Waals surface area (Å²) < 4.78 is 36.3. The van der Waals surface area contributed by atoms with Gasteiger partial charge in [-0.05, 0) is 44.8 Å². The molecule has 0 aliphatic carbocycles. The quantitative estimate of drug-likeness (QED) is 0.794. The van der Waals surface area contributed by atoms with Crippen molar-refractivity contribution < 1.29 is 22.5 Å². The lowest BCUT2D eigenvalue weighted by Gasteiger charge is -2.32. The molecular formula is C18H26BNO5S. The number of rotatable bonds is 5. The summed E-state index contributed by atoms with van der Waals surface area (Å²) in [5, 5.41) is 2.74. The number of sulfone groups is 1. The van der Waals surface area contributed by atoms with Gasteiger partial charge in [0.2, 0.25) is 5.91 Å². The van der Waals surface area contributed by atoms with E-state index in [1.807, 2.05) is 27.7 Å². The van der Waals surface area contributed by atoms with E-state index in [9.17, 15) is 13.2 Å². The zero-order valence-electron chi connectivity index (χ0n) is 16.1. The maximum atomic E-state index is 12.1. The fourth-order valence-electron chi connectivity index (χ4n) is 2.56. The van der Waals surface area contributed by atoms with Gasteiger partial charge >= 0.3 is 7.12 Å². The molecule has 26 heavy (non-hydrogen) atoms. The van der Waals surface area contributed by atoms with Gasteiger partial charge in [0.15, 0.2) is 9.84 Å². The summed E-state index contributed by atoms with van der Waals surface area (Å²) in [6.07, 6.45) is 2.89. The summed E-state index contributed by atoms with van der Waals surface area (Å²) in [7, 11) is -4.07. The van der Waals surface area contributed by atoms with E-state index >= 15 is 0 Å². The van der Waals surface area contributed by atoms with Crippen LogP contribution in [0.4, 0.5) is 0 Å². The van der Waals surface area contributed by atoms with Crippen LogP contribution in [0.1, 0.15) is 40.2 Å². The number of carbonyl (C=O) groups is 1. The summed E-state index contributed by atoms with van der Waals surface area (Å²) in [6.45, 7) is 9.37. The van der Waals surface area contributed by atoms with Gasteiger partial charge in [-0.1, -0.05) is 24.3 Å². The number of carbonyl (C=O) groups excluding carboxylic acids is 1. The Morgan fingerprint density at radius 3 is 2.19 bits per heavy atom. The first-order valence-electron chi connectivity index (χ1n) is 8.43. The third-order valence-electron chi connectivity index (χ3n) is 4.76. The molecule has 8 heteroatoms. The SMILES string of the molecule is CC(=O)NCC(=Cc1ccccc1S(C)(=O)=O)B1OC(C)(C)C(C)(C)O1. The van der Waals surface area contributed by atoms with Crippen LogP contribution in [0.2, 0.25) is 0 Å². The predicted octanol–water partition coefficient (Wildman–Crippen LogP) is 2.24. The predicted molar refractivity (Wildman–Crippen MR) is 102 cm³/mol. The smallest absolute Gasteiger partial charge is 0.400 e. The Bertz CT molecular complexity index is 814. The van der Waals surface area contributed by atoms with Gasteiger partial charge in [-0.2, -0.15) is 0 Å². The second kappa shape index (κ2) is 7.17. The Balaban J connectivity index is 2.47. The van der Waals surface area contributed by atoms with Crippen LogP contribution in [0.25, 0.3) is 6.08 Å². The fraction of sp³-hybridized carbons (Fsp3) is 0.500. The van der Waals surface area contributed by atoms with E-state index in [4.69, 9.17) is 9.31 Å². The first-order chi connectivity index (χ1) is 11.8. The molecule has 1 fully saturated rings. The van der Waals surface area contributed by atoms with Crippen molar-refractivity contribution in [2.45, 2.75) is 50.7 Å². The minimum atomic E-state index is -3.39. The normalized spacial score (nSPS) is 19.5. The van der Waals surface area contributed by atoms with Crippen LogP contribution in [0, 0.1) is 0 Å². The van der Waals surface area contributed by atoms with Crippen LogP contribution in [-0.4, -0.2) is 45.4 Å². The zero-order valence-corrected chi connectivity index (χ0v) is 16.9. The highest BCUT2D eigenvalue weighted by molar-refractivity contribution is 7.90. The molecule has 1 heterocycles. The Morgan fingerprint density at radius 2 is 1.69 bits per heavy atom. The highest BCUT2D eigenvalue weighted by atomic mass is 32.2. The molecule has 1 aromatic rings. The molecule has 1 amide bonds. The average molecular weight is 379 g/mol. The molecule has 1 aliphatic heterocycles. The highest BCUT2D eigenvalue weighted by Crippen LogP contribution is 2.39. The van der Waals surface area contributed by atoms with Gasteiger partial charge in [0.1, 0.15) is 0 Å². The van der Waals surface area contributed by atoms with Gasteiger partial charge in [-0.25, -0.2) is 8.42 Å². The van der Waals surface area contributed by atoms with E-state index < -0.39 is 28.2 Å². The Labute approximate surface area is 156 Å². The maximum absolute atomic E-state index is 12.1. The summed E-state index contributed by atoms with van der Waals surface area (Å²) in [4.78, 5) is 11.6. The summed E-state index contributed by atoms with van der Waals surface area (Å²) >= 11 is 0. The van der Waals surface area contributed by atoms with Crippen LogP contribution in [0.15, 0.2) is 34.6 Å². The molecule has 0 bridgehead atoms. The summed E-state index contributed by atoms with van der Waals surface area (Å²) in [5.74, 6) is -0.191. The molecule has 0 unspecified atom stereocenters. The van der Waals surface area contributed by atoms with E-state index in [2.05, 4.69) is 5.32 Å². The number of hydrogen-bond donors (Lipinski definition) is 1. The molecule has 142 valence electrons. The van der Waals surface area contributed by atoms with Crippen molar-refractivity contribution in [3.05, 3.63) is 35.3 Å². The fourth-order valence-corrected chi connectivity index (χ4v) is 3.44. The van der Waals surface area contributed by atoms with Gasteiger partial charge in [0.05, 0.1) is 16.1 Å². The lowest BCUT2D eigenvalue weighted by molar-refractivity contribution is -0.118. The van der Waals surface area contributed by atoms with Crippen molar-refractivity contribution in [2.75, 3.05) is 12.8 Å². The van der Waals surface area contributed by atoms with Crippen molar-refractivity contribution in [1.82, 2.24) is 5.32 Å². The Morgan fingerprint density at radius 1 is 1.15 bits per heavy atom. The molecule has 1 aromatic carbocycles. The summed E-state index contributed by atoms with van der Waals surface area (Å²) in [5.41, 5.74) is 0.104. The van der Waals surface area contributed by atoms with Crippen LogP contribution < -0.4 is 5.32 Å². The number of nitrogens with one attached hydrogen (secondary N) is 1. The zero-order chi connectivity index (χ0) is 19.8. The second-order valence-electron chi connectivity index (χ2n) is 7.53. The Hall–Kier alpha value is -1.64. The molecule has 2 rings (SSSR count). The van der Waals surface area contributed by atoms with Crippen molar-refractivity contribution in [2.24, 2.45) is 0 Å². The molecule has 1 N–H and O–H groups in total. The first-order valence-corrected chi connectivity index (χ1v) is 10.3. The molecule has 0 aromatic heterocycles. The van der Waals surface area contributed by atoms with Gasteiger partial charge in [-0.3, -0.25) is 4.79 Å². The highest BCUT2D eigenvalue weighted by Gasteiger charge is 2.52. The van der Waals surface area contributed by atoms with Crippen LogP contribution in [0.5, 0.6) is 0 Å². The Kier molecular flexibility index (Phi) is 5.70. The third-order valence-corrected chi connectivity index (χ3v) is 5.93. The average Bonchev–Trinajstić information content (AvgIpc) is 2.71. The van der Waals surface area contributed by atoms with E-state index in [1.54, 1.807) is 30.3 Å². The van der Waals surface area contributed by atoms with E-state index in [0.717, 1.165) is 0 Å². The van der Waals surface area contributed by atoms with Gasteiger partial charge in [-0.15, -0.1) is 0 Å². The number of hydrogen-bond acceptors (Lipinski definition) is 5. The van der Waals surface area contributed by atoms with Crippen LogP contribution in [-0.2, 0) is 23.9 Å². The van der Waals surface area contributed by atoms with Crippen molar-refractivity contribution in [3.8, 4) is 0 Å². The van der Waals surface area contributed by atoms with Crippen molar-refractivity contribution >= 4 is 28.9 Å². The molecule has 1 saturated heterocycles. The molecule has 1 aliphatic rings. The van der Waals surface area contributed by atoms with Crippen molar-refractivity contribution in [3.63, 3.8) is 0 Å². The standard InChI is InChI=1S/C18H26BNO5S/c1-13(21)20-12-15(19-24-17(2,3)18(4,5)25-19)11-14-9-7-8-10-16(14)26(6,22)23/h7-11H,12H2,1-6H3,(H,20,21). The van der Waals surface area contributed by atoms with Gasteiger partial charge in [0.25, 0.3) is 0 Å². The lowest BCUT2D eigenvalue weighted by Crippen LogP contribution is -2.41. The van der Waals surface area contributed by atoms with Crippen LogP contribution >= 0.6 is 0 Å². The monoisotopic (exact) mass is 379 g/mol. The molecule has 0 spiro atoms. The molecule has 0 radical (unpaired) electrons. The topological polar surface area (TPSA) is 81.7 Å². The largest absolute Gasteiger partial charge is 0.492 e. The van der Waals surface area contributed by atoms with E-state index in [0.29, 0.717) is 11.0 Å². The third kappa shape index (κ3) is 4.55. The second-order valence-corrected chi connectivity index (χ2v) is 9.51. The first kappa shape index (κ1) is 20.7. The minimum absolute atomic E-state index is 0.191. The summed E-state index contributed by atoms with van der Waals surface area (Å²) in [6, 6.07) is 6.72. The number of amides is 1. The van der Waals surface area contributed by atoms with E-state index in [1.165, 1.54) is 13.2 Å². The van der Waals surface area contributed by atoms with Crippen LogP contribution in [0.3, 0.4) is 0 Å².